The van der Waals surface area contributed by atoms with Crippen molar-refractivity contribution in [3.8, 4) is 0 Å². The molecule has 1 saturated heterocycles. The third-order valence-electron chi connectivity index (χ3n) is 8.20. The number of para-hydroxylation sites is 2. The SMILES string of the molecule is Nc1ccccc1NC(=O)c1ccc(NC(=O)CCCCCCNC(=O)CNc2cccc3c2C(=O)N(C2CCC(=O)NC2=O)C3=O)cc1. The summed E-state index contributed by atoms with van der Waals surface area (Å²) in [5, 5.41) is 13.5. The van der Waals surface area contributed by atoms with Gasteiger partial charge in [-0.15, -0.1) is 0 Å². The number of hydrogen-bond acceptors (Lipinski definition) is 9. The van der Waals surface area contributed by atoms with E-state index in [2.05, 4.69) is 26.6 Å². The highest BCUT2D eigenvalue weighted by molar-refractivity contribution is 6.25. The number of nitrogens with one attached hydrogen (secondary N) is 5. The van der Waals surface area contributed by atoms with Gasteiger partial charge in [0.15, 0.2) is 0 Å². The van der Waals surface area contributed by atoms with Crippen molar-refractivity contribution in [3.05, 3.63) is 83.4 Å². The molecule has 2 heterocycles. The first-order valence-corrected chi connectivity index (χ1v) is 16.0. The molecule has 3 aromatic rings. The number of carbonyl (C=O) groups is 7. The standard InChI is InChI=1S/C35H37N7O7/c36-24-9-4-5-10-25(24)40-32(46)21-13-15-22(16-14-21)39-28(43)12-3-1-2-6-19-37-30(45)20-38-26-11-7-8-23-31(26)35(49)42(34(23)48)27-17-18-29(44)41-33(27)47/h4-5,7-11,13-16,27,38H,1-3,6,12,17-20,36H2,(H,37,45)(H,39,43)(H,40,46)(H,41,44,47). The summed E-state index contributed by atoms with van der Waals surface area (Å²) in [4.78, 5) is 88.2. The highest BCUT2D eigenvalue weighted by Gasteiger charge is 2.45. The van der Waals surface area contributed by atoms with Crippen LogP contribution in [0.4, 0.5) is 22.7 Å². The van der Waals surface area contributed by atoms with E-state index in [1.165, 1.54) is 6.07 Å². The predicted molar refractivity (Wildman–Crippen MR) is 182 cm³/mol. The van der Waals surface area contributed by atoms with Gasteiger partial charge in [0, 0.05) is 36.3 Å². The van der Waals surface area contributed by atoms with Crippen LogP contribution >= 0.6 is 0 Å². The highest BCUT2D eigenvalue weighted by Crippen LogP contribution is 2.32. The van der Waals surface area contributed by atoms with E-state index < -0.39 is 29.7 Å². The largest absolute Gasteiger partial charge is 0.397 e. The number of unbranched alkanes of at least 4 members (excludes halogenated alkanes) is 3. The fraction of sp³-hybridized carbons (Fsp3) is 0.286. The zero-order valence-electron chi connectivity index (χ0n) is 26.7. The van der Waals surface area contributed by atoms with Crippen LogP contribution in [0.15, 0.2) is 66.7 Å². The first kappa shape index (κ1) is 34.3. The number of nitrogens with two attached hydrogens (primary N) is 1. The van der Waals surface area contributed by atoms with Crippen molar-refractivity contribution in [2.45, 2.75) is 51.0 Å². The number of imide groups is 2. The maximum Gasteiger partial charge on any atom is 0.264 e. The molecule has 1 fully saturated rings. The van der Waals surface area contributed by atoms with Gasteiger partial charge >= 0.3 is 0 Å². The Morgan fingerprint density at radius 2 is 1.53 bits per heavy atom. The summed E-state index contributed by atoms with van der Waals surface area (Å²) in [7, 11) is 0. The van der Waals surface area contributed by atoms with Crippen molar-refractivity contribution >= 4 is 64.1 Å². The second-order valence-electron chi connectivity index (χ2n) is 11.7. The van der Waals surface area contributed by atoms with Gasteiger partial charge in [-0.2, -0.15) is 0 Å². The first-order chi connectivity index (χ1) is 23.6. The molecular formula is C35H37N7O7. The van der Waals surface area contributed by atoms with E-state index in [9.17, 15) is 33.6 Å². The lowest BCUT2D eigenvalue weighted by atomic mass is 10.0. The Kier molecular flexibility index (Phi) is 11.0. The number of fused-ring (bicyclic) bond motifs is 1. The summed E-state index contributed by atoms with van der Waals surface area (Å²) in [6.45, 7) is 0.293. The van der Waals surface area contributed by atoms with Gasteiger partial charge in [0.05, 0.1) is 29.0 Å². The zero-order chi connectivity index (χ0) is 34.9. The van der Waals surface area contributed by atoms with Crippen LogP contribution in [0, 0.1) is 0 Å². The van der Waals surface area contributed by atoms with Crippen molar-refractivity contribution in [2.24, 2.45) is 0 Å². The molecule has 0 spiro atoms. The second kappa shape index (κ2) is 15.7. The molecule has 5 rings (SSSR count). The van der Waals surface area contributed by atoms with E-state index in [1.54, 1.807) is 60.7 Å². The van der Waals surface area contributed by atoms with Gasteiger partial charge < -0.3 is 27.0 Å². The van der Waals surface area contributed by atoms with Gasteiger partial charge in [0.25, 0.3) is 17.7 Å². The van der Waals surface area contributed by atoms with Crippen LogP contribution in [0.25, 0.3) is 0 Å². The van der Waals surface area contributed by atoms with Gasteiger partial charge in [-0.3, -0.25) is 43.8 Å². The Bertz CT molecular complexity index is 1790. The van der Waals surface area contributed by atoms with Crippen molar-refractivity contribution in [2.75, 3.05) is 34.8 Å². The first-order valence-electron chi connectivity index (χ1n) is 16.0. The lowest BCUT2D eigenvalue weighted by Gasteiger charge is -2.27. The number of anilines is 4. The minimum absolute atomic E-state index is 0.0241. The van der Waals surface area contributed by atoms with Gasteiger partial charge in [-0.25, -0.2) is 0 Å². The van der Waals surface area contributed by atoms with Gasteiger partial charge in [0.2, 0.25) is 23.6 Å². The minimum Gasteiger partial charge on any atom is -0.397 e. The summed E-state index contributed by atoms with van der Waals surface area (Å²) in [6, 6.07) is 17.1. The van der Waals surface area contributed by atoms with Crippen LogP contribution in [0.1, 0.15) is 76.0 Å². The quantitative estimate of drug-likeness (QED) is 0.0847. The van der Waals surface area contributed by atoms with Crippen LogP contribution in [0.2, 0.25) is 0 Å². The van der Waals surface area contributed by atoms with Crippen molar-refractivity contribution in [1.29, 1.82) is 0 Å². The summed E-state index contributed by atoms with van der Waals surface area (Å²) >= 11 is 0. The van der Waals surface area contributed by atoms with E-state index in [4.69, 9.17) is 5.73 Å². The maximum absolute atomic E-state index is 13.2. The van der Waals surface area contributed by atoms with E-state index in [-0.39, 0.29) is 48.2 Å². The molecule has 7 N–H and O–H groups in total. The second-order valence-corrected chi connectivity index (χ2v) is 11.7. The van der Waals surface area contributed by atoms with Crippen LogP contribution in [0.3, 0.4) is 0 Å². The topological polar surface area (TPSA) is 209 Å². The molecule has 1 unspecified atom stereocenters. The number of amides is 7. The van der Waals surface area contributed by atoms with Gasteiger partial charge in [-0.05, 0) is 67.8 Å². The number of nitrogen functional groups attached to an aromatic ring is 1. The number of benzene rings is 3. The van der Waals surface area contributed by atoms with Gasteiger partial charge in [-0.1, -0.05) is 31.0 Å². The Balaban J connectivity index is 0.965. The molecule has 0 radical (unpaired) electrons. The van der Waals surface area contributed by atoms with E-state index in [0.717, 1.165) is 17.7 Å². The highest BCUT2D eigenvalue weighted by atomic mass is 16.2. The molecule has 14 heteroatoms. The number of piperidine rings is 1. The summed E-state index contributed by atoms with van der Waals surface area (Å²) in [5.74, 6) is -3.16. The Morgan fingerprint density at radius 1 is 0.796 bits per heavy atom. The van der Waals surface area contributed by atoms with Crippen LogP contribution in [-0.2, 0) is 19.2 Å². The third kappa shape index (κ3) is 8.46. The molecule has 0 bridgehead atoms. The van der Waals surface area contributed by atoms with Gasteiger partial charge in [0.1, 0.15) is 6.04 Å². The predicted octanol–water partition coefficient (Wildman–Crippen LogP) is 3.04. The van der Waals surface area contributed by atoms with Crippen molar-refractivity contribution < 1.29 is 33.6 Å². The van der Waals surface area contributed by atoms with E-state index >= 15 is 0 Å². The number of hydrogen-bond donors (Lipinski definition) is 6. The number of carbonyl (C=O) groups excluding carboxylic acids is 7. The molecule has 2 aliphatic heterocycles. The molecule has 14 nitrogen and oxygen atoms in total. The Hall–Kier alpha value is -6.05. The molecule has 0 aromatic heterocycles. The summed E-state index contributed by atoms with van der Waals surface area (Å²) < 4.78 is 0. The lowest BCUT2D eigenvalue weighted by Crippen LogP contribution is -2.54. The molecular weight excluding hydrogens is 630 g/mol. The number of rotatable bonds is 14. The molecule has 0 saturated carbocycles. The maximum atomic E-state index is 13.2. The molecule has 254 valence electrons. The molecule has 2 aliphatic rings. The fourth-order valence-corrected chi connectivity index (χ4v) is 5.63. The monoisotopic (exact) mass is 667 g/mol. The Morgan fingerprint density at radius 3 is 2.29 bits per heavy atom. The molecule has 7 amide bonds. The van der Waals surface area contributed by atoms with Crippen molar-refractivity contribution in [1.82, 2.24) is 15.5 Å². The minimum atomic E-state index is -1.07. The Labute approximate surface area is 282 Å². The molecule has 3 aromatic carbocycles. The van der Waals surface area contributed by atoms with Crippen LogP contribution < -0.4 is 32.3 Å². The normalized spacial score (nSPS) is 15.3. The summed E-state index contributed by atoms with van der Waals surface area (Å²) in [5.41, 5.74) is 8.39. The molecule has 0 aliphatic carbocycles. The van der Waals surface area contributed by atoms with E-state index in [1.807, 2.05) is 0 Å². The van der Waals surface area contributed by atoms with Crippen LogP contribution in [0.5, 0.6) is 0 Å². The fourth-order valence-electron chi connectivity index (χ4n) is 5.63. The van der Waals surface area contributed by atoms with Crippen LogP contribution in [-0.4, -0.2) is 65.4 Å². The average molecular weight is 668 g/mol. The van der Waals surface area contributed by atoms with Crippen molar-refractivity contribution in [3.63, 3.8) is 0 Å². The molecule has 1 atom stereocenters. The third-order valence-corrected chi connectivity index (χ3v) is 8.20. The lowest BCUT2D eigenvalue weighted by molar-refractivity contribution is -0.136. The smallest absolute Gasteiger partial charge is 0.264 e. The van der Waals surface area contributed by atoms with E-state index in [0.29, 0.717) is 54.1 Å². The average Bonchev–Trinajstić information content (AvgIpc) is 3.34. The zero-order valence-corrected chi connectivity index (χ0v) is 26.7. The molecule has 49 heavy (non-hydrogen) atoms. The number of nitrogens with zero attached hydrogens (tertiary/aromatic N) is 1. The summed E-state index contributed by atoms with van der Waals surface area (Å²) in [6.07, 6.45) is 3.38.